The molecule has 0 saturated carbocycles. The van der Waals surface area contributed by atoms with Crippen molar-refractivity contribution >= 4 is 0 Å². The van der Waals surface area contributed by atoms with Crippen molar-refractivity contribution in [3.8, 4) is 0 Å². The molecule has 2 fully saturated rings. The number of rotatable bonds is 4. The third-order valence-corrected chi connectivity index (χ3v) is 4.62. The van der Waals surface area contributed by atoms with E-state index in [0.29, 0.717) is 0 Å². The van der Waals surface area contributed by atoms with Crippen LogP contribution in [0.3, 0.4) is 0 Å². The standard InChI is InChI=1S/C14H26O9/c1-5-9(17)7(3-15)22-14(10(5)18)23-13-6(2)21-8(4-16)11(19)12(13)20/h5-20H,3-4H2,1-2H3/t5-,6?,7+,8-,9-,10-,11+,12-,13+,14+/m0/s1. The van der Waals surface area contributed by atoms with E-state index >= 15 is 0 Å². The molecule has 9 heteroatoms. The summed E-state index contributed by atoms with van der Waals surface area (Å²) in [5, 5.41) is 58.5. The van der Waals surface area contributed by atoms with Crippen molar-refractivity contribution in [3.05, 3.63) is 0 Å². The van der Waals surface area contributed by atoms with Crippen LogP contribution in [-0.4, -0.2) is 99.0 Å². The van der Waals surface area contributed by atoms with Crippen molar-refractivity contribution in [1.82, 2.24) is 0 Å². The van der Waals surface area contributed by atoms with Crippen LogP contribution in [0, 0.1) is 5.92 Å². The molecule has 2 rings (SSSR count). The number of hydrogen-bond donors (Lipinski definition) is 6. The Labute approximate surface area is 134 Å². The largest absolute Gasteiger partial charge is 0.394 e. The summed E-state index contributed by atoms with van der Waals surface area (Å²) in [4.78, 5) is 0. The van der Waals surface area contributed by atoms with Gasteiger partial charge in [0.15, 0.2) is 6.29 Å². The van der Waals surface area contributed by atoms with Gasteiger partial charge in [0.05, 0.1) is 25.4 Å². The van der Waals surface area contributed by atoms with E-state index < -0.39 is 74.3 Å². The molecule has 0 spiro atoms. The lowest BCUT2D eigenvalue weighted by Crippen LogP contribution is -2.62. The molecule has 0 aromatic carbocycles. The van der Waals surface area contributed by atoms with Gasteiger partial charge in [-0.15, -0.1) is 0 Å². The number of aliphatic hydroxyl groups excluding tert-OH is 6. The maximum Gasteiger partial charge on any atom is 0.184 e. The van der Waals surface area contributed by atoms with E-state index in [2.05, 4.69) is 0 Å². The van der Waals surface area contributed by atoms with Crippen LogP contribution in [0.25, 0.3) is 0 Å². The smallest absolute Gasteiger partial charge is 0.184 e. The summed E-state index contributed by atoms with van der Waals surface area (Å²) in [6.07, 6.45) is -9.66. The van der Waals surface area contributed by atoms with Crippen LogP contribution in [0.15, 0.2) is 0 Å². The number of ether oxygens (including phenoxy) is 3. The van der Waals surface area contributed by atoms with Gasteiger partial charge in [0.25, 0.3) is 0 Å². The normalized spacial score (nSPS) is 51.7. The third kappa shape index (κ3) is 3.68. The Balaban J connectivity index is 2.08. The average molecular weight is 338 g/mol. The quantitative estimate of drug-likeness (QED) is 0.314. The van der Waals surface area contributed by atoms with Gasteiger partial charge in [0, 0.05) is 5.92 Å². The predicted molar refractivity (Wildman–Crippen MR) is 75.2 cm³/mol. The highest BCUT2D eigenvalue weighted by Gasteiger charge is 2.48. The van der Waals surface area contributed by atoms with Crippen LogP contribution in [0.5, 0.6) is 0 Å². The van der Waals surface area contributed by atoms with E-state index in [4.69, 9.17) is 19.3 Å². The Morgan fingerprint density at radius 2 is 1.35 bits per heavy atom. The van der Waals surface area contributed by atoms with Crippen molar-refractivity contribution in [1.29, 1.82) is 0 Å². The number of aliphatic hydroxyl groups is 6. The maximum absolute atomic E-state index is 10.2. The monoisotopic (exact) mass is 338 g/mol. The Morgan fingerprint density at radius 1 is 0.783 bits per heavy atom. The second kappa shape index (κ2) is 7.68. The summed E-state index contributed by atoms with van der Waals surface area (Å²) in [5.74, 6) is -0.613. The molecule has 23 heavy (non-hydrogen) atoms. The Morgan fingerprint density at radius 3 is 1.91 bits per heavy atom. The van der Waals surface area contributed by atoms with Crippen molar-refractivity contribution in [2.75, 3.05) is 13.2 Å². The fourth-order valence-corrected chi connectivity index (χ4v) is 3.01. The summed E-state index contributed by atoms with van der Waals surface area (Å²) in [5.41, 5.74) is 0. The topological polar surface area (TPSA) is 149 Å². The molecule has 0 aliphatic carbocycles. The summed E-state index contributed by atoms with van der Waals surface area (Å²) < 4.78 is 16.3. The molecule has 1 unspecified atom stereocenters. The van der Waals surface area contributed by atoms with Crippen molar-refractivity contribution in [2.24, 2.45) is 5.92 Å². The van der Waals surface area contributed by atoms with Gasteiger partial charge in [-0.1, -0.05) is 6.92 Å². The van der Waals surface area contributed by atoms with Crippen LogP contribution in [-0.2, 0) is 14.2 Å². The first-order valence-electron chi connectivity index (χ1n) is 7.72. The molecular weight excluding hydrogens is 312 g/mol. The minimum atomic E-state index is -1.35. The summed E-state index contributed by atoms with van der Waals surface area (Å²) in [6.45, 7) is 2.28. The van der Waals surface area contributed by atoms with Crippen LogP contribution >= 0.6 is 0 Å². The molecule has 6 N–H and O–H groups in total. The summed E-state index contributed by atoms with van der Waals surface area (Å²) in [7, 11) is 0. The molecule has 0 radical (unpaired) electrons. The molecule has 2 aliphatic heterocycles. The van der Waals surface area contributed by atoms with Gasteiger partial charge in [-0.2, -0.15) is 0 Å². The van der Waals surface area contributed by atoms with Crippen molar-refractivity contribution < 1.29 is 44.8 Å². The fourth-order valence-electron chi connectivity index (χ4n) is 3.01. The zero-order chi connectivity index (χ0) is 17.3. The number of hydrogen-bond acceptors (Lipinski definition) is 9. The Hall–Kier alpha value is -0.360. The van der Waals surface area contributed by atoms with Crippen molar-refractivity contribution in [2.45, 2.75) is 69.0 Å². The van der Waals surface area contributed by atoms with Crippen LogP contribution < -0.4 is 0 Å². The molecule has 0 bridgehead atoms. The lowest BCUT2D eigenvalue weighted by Gasteiger charge is -2.46. The SMILES string of the molecule is CC1O[C@@H](CO)[C@@H](O)[C@H](O)[C@@H]1O[C@H]1O[C@H](CO)[C@@H](O)[C@H](C)[C@@H]1O. The van der Waals surface area contributed by atoms with Gasteiger partial charge in [-0.25, -0.2) is 0 Å². The van der Waals surface area contributed by atoms with E-state index in [9.17, 15) is 25.5 Å². The van der Waals surface area contributed by atoms with Crippen molar-refractivity contribution in [3.63, 3.8) is 0 Å². The van der Waals surface area contributed by atoms with Gasteiger partial charge in [-0.3, -0.25) is 0 Å². The van der Waals surface area contributed by atoms with Crippen LogP contribution in [0.1, 0.15) is 13.8 Å². The molecular formula is C14H26O9. The van der Waals surface area contributed by atoms with Crippen LogP contribution in [0.2, 0.25) is 0 Å². The highest BCUT2D eigenvalue weighted by molar-refractivity contribution is 4.93. The molecule has 10 atom stereocenters. The highest BCUT2D eigenvalue weighted by atomic mass is 16.7. The van der Waals surface area contributed by atoms with Gasteiger partial charge in [0.2, 0.25) is 0 Å². The van der Waals surface area contributed by atoms with Gasteiger partial charge >= 0.3 is 0 Å². The molecule has 9 nitrogen and oxygen atoms in total. The molecule has 2 aliphatic rings. The minimum absolute atomic E-state index is 0.451. The first-order chi connectivity index (χ1) is 10.8. The summed E-state index contributed by atoms with van der Waals surface area (Å²) in [6, 6.07) is 0. The van der Waals surface area contributed by atoms with Gasteiger partial charge in [0.1, 0.15) is 36.6 Å². The minimum Gasteiger partial charge on any atom is -0.394 e. The van der Waals surface area contributed by atoms with E-state index in [0.717, 1.165) is 0 Å². The average Bonchev–Trinajstić information content (AvgIpc) is 2.54. The van der Waals surface area contributed by atoms with E-state index in [1.165, 1.54) is 0 Å². The highest BCUT2D eigenvalue weighted by Crippen LogP contribution is 2.30. The first kappa shape index (κ1) is 19.0. The van der Waals surface area contributed by atoms with Gasteiger partial charge < -0.3 is 44.8 Å². The third-order valence-electron chi connectivity index (χ3n) is 4.62. The lowest BCUT2D eigenvalue weighted by atomic mass is 9.90. The Bertz CT molecular complexity index is 379. The lowest BCUT2D eigenvalue weighted by molar-refractivity contribution is -0.332. The Kier molecular flexibility index (Phi) is 6.34. The summed E-state index contributed by atoms with van der Waals surface area (Å²) >= 11 is 0. The zero-order valence-electron chi connectivity index (χ0n) is 13.1. The zero-order valence-corrected chi connectivity index (χ0v) is 13.1. The van der Waals surface area contributed by atoms with Crippen LogP contribution in [0.4, 0.5) is 0 Å². The second-order valence-electron chi connectivity index (χ2n) is 6.21. The second-order valence-corrected chi connectivity index (χ2v) is 6.21. The van der Waals surface area contributed by atoms with E-state index in [1.54, 1.807) is 13.8 Å². The maximum atomic E-state index is 10.2. The van der Waals surface area contributed by atoms with E-state index in [1.807, 2.05) is 0 Å². The molecule has 136 valence electrons. The molecule has 2 saturated heterocycles. The van der Waals surface area contributed by atoms with E-state index in [-0.39, 0.29) is 0 Å². The fraction of sp³-hybridized carbons (Fsp3) is 1.00. The van der Waals surface area contributed by atoms with Gasteiger partial charge in [-0.05, 0) is 6.92 Å². The molecule has 2 heterocycles. The molecule has 0 aromatic rings. The molecule has 0 amide bonds. The first-order valence-corrected chi connectivity index (χ1v) is 7.72. The molecule has 0 aromatic heterocycles. The predicted octanol–water partition coefficient (Wildman–Crippen LogP) is -3.05.